The van der Waals surface area contributed by atoms with Crippen molar-refractivity contribution < 1.29 is 9.59 Å². The van der Waals surface area contributed by atoms with Gasteiger partial charge in [-0.05, 0) is 18.1 Å². The van der Waals surface area contributed by atoms with Crippen LogP contribution in [0.15, 0.2) is 23.3 Å². The van der Waals surface area contributed by atoms with Crippen molar-refractivity contribution in [2.45, 2.75) is 17.6 Å². The smallest absolute Gasteiger partial charge is 0.184 e. The molecule has 0 spiro atoms. The van der Waals surface area contributed by atoms with E-state index in [-0.39, 0.29) is 21.2 Å². The monoisotopic (exact) mass is 320 g/mol. The van der Waals surface area contributed by atoms with E-state index >= 15 is 0 Å². The van der Waals surface area contributed by atoms with Gasteiger partial charge in [0.05, 0.1) is 3.74 Å². The lowest BCUT2D eigenvalue weighted by Crippen LogP contribution is -2.18. The minimum absolute atomic E-state index is 0.0708. The van der Waals surface area contributed by atoms with Crippen LogP contribution in [0.2, 0.25) is 0 Å². The SMILES string of the molecule is CC(C)C1=CC(=O)C(C(Br)Br)=CC1=O. The lowest BCUT2D eigenvalue weighted by atomic mass is 9.91. The second-order valence-electron chi connectivity index (χ2n) is 3.38. The molecule has 0 aromatic rings. The first-order valence-corrected chi connectivity index (χ1v) is 6.06. The van der Waals surface area contributed by atoms with Gasteiger partial charge in [0.15, 0.2) is 11.6 Å². The summed E-state index contributed by atoms with van der Waals surface area (Å²) in [5.74, 6) is -0.0844. The van der Waals surface area contributed by atoms with E-state index in [1.165, 1.54) is 12.2 Å². The van der Waals surface area contributed by atoms with Crippen molar-refractivity contribution in [3.63, 3.8) is 0 Å². The third-order valence-corrected chi connectivity index (χ3v) is 2.99. The van der Waals surface area contributed by atoms with Gasteiger partial charge < -0.3 is 0 Å². The molecule has 0 aromatic heterocycles. The van der Waals surface area contributed by atoms with Gasteiger partial charge in [-0.1, -0.05) is 45.7 Å². The zero-order chi connectivity index (χ0) is 10.9. The van der Waals surface area contributed by atoms with Gasteiger partial charge in [-0.2, -0.15) is 0 Å². The standard InChI is InChI=1S/C10H10Br2O2/c1-5(2)6-3-9(14)7(10(11)12)4-8(6)13/h3-5,10H,1-2H3. The molecule has 0 aliphatic heterocycles. The van der Waals surface area contributed by atoms with Gasteiger partial charge in [0.25, 0.3) is 0 Å². The van der Waals surface area contributed by atoms with E-state index in [4.69, 9.17) is 0 Å². The maximum Gasteiger partial charge on any atom is 0.184 e. The van der Waals surface area contributed by atoms with E-state index in [9.17, 15) is 9.59 Å². The summed E-state index contributed by atoms with van der Waals surface area (Å²) in [6, 6.07) is 0. The fourth-order valence-corrected chi connectivity index (χ4v) is 1.93. The van der Waals surface area contributed by atoms with E-state index < -0.39 is 0 Å². The molecule has 0 aromatic carbocycles. The number of halogens is 2. The van der Waals surface area contributed by atoms with Crippen LogP contribution in [-0.2, 0) is 9.59 Å². The van der Waals surface area contributed by atoms with Crippen LogP contribution in [0.3, 0.4) is 0 Å². The Labute approximate surface area is 99.7 Å². The predicted octanol–water partition coefficient (Wildman–Crippen LogP) is 2.76. The number of hydrogen-bond acceptors (Lipinski definition) is 2. The van der Waals surface area contributed by atoms with E-state index in [1.807, 2.05) is 13.8 Å². The minimum Gasteiger partial charge on any atom is -0.290 e. The summed E-state index contributed by atoms with van der Waals surface area (Å²) in [6.07, 6.45) is 2.82. The Bertz CT molecular complexity index is 304. The summed E-state index contributed by atoms with van der Waals surface area (Å²) in [4.78, 5) is 23.1. The number of rotatable bonds is 2. The van der Waals surface area contributed by atoms with Crippen LogP contribution in [0.4, 0.5) is 0 Å². The van der Waals surface area contributed by atoms with Crippen LogP contribution in [0.1, 0.15) is 13.8 Å². The Balaban J connectivity index is 3.02. The molecule has 1 aliphatic carbocycles. The fraction of sp³-hybridized carbons (Fsp3) is 0.400. The molecule has 76 valence electrons. The molecular formula is C10H10Br2O2. The molecule has 0 saturated carbocycles. The lowest BCUT2D eigenvalue weighted by molar-refractivity contribution is -0.115. The van der Waals surface area contributed by atoms with Crippen LogP contribution in [0, 0.1) is 5.92 Å². The Hall–Kier alpha value is -0.220. The quantitative estimate of drug-likeness (QED) is 0.579. The second-order valence-corrected chi connectivity index (χ2v) is 6.44. The van der Waals surface area contributed by atoms with Crippen molar-refractivity contribution in [1.29, 1.82) is 0 Å². The number of hydrogen-bond donors (Lipinski definition) is 0. The largest absolute Gasteiger partial charge is 0.290 e. The molecule has 0 saturated heterocycles. The molecule has 0 atom stereocenters. The molecule has 0 heterocycles. The third kappa shape index (κ3) is 2.42. The molecule has 0 unspecified atom stereocenters. The highest BCUT2D eigenvalue weighted by atomic mass is 79.9. The molecule has 1 aliphatic rings. The molecular weight excluding hydrogens is 312 g/mol. The van der Waals surface area contributed by atoms with Gasteiger partial charge in [0.2, 0.25) is 0 Å². The molecule has 0 N–H and O–H groups in total. The van der Waals surface area contributed by atoms with Gasteiger partial charge in [-0.25, -0.2) is 0 Å². The fourth-order valence-electron chi connectivity index (χ4n) is 1.21. The maximum atomic E-state index is 11.6. The van der Waals surface area contributed by atoms with E-state index in [0.29, 0.717) is 11.1 Å². The highest BCUT2D eigenvalue weighted by molar-refractivity contribution is 9.24. The van der Waals surface area contributed by atoms with Gasteiger partial charge in [0, 0.05) is 11.1 Å². The van der Waals surface area contributed by atoms with E-state index in [1.54, 1.807) is 0 Å². The average molecular weight is 322 g/mol. The highest BCUT2D eigenvalue weighted by Crippen LogP contribution is 2.26. The molecule has 0 amide bonds. The first kappa shape index (κ1) is 11.9. The Morgan fingerprint density at radius 2 is 1.43 bits per heavy atom. The van der Waals surface area contributed by atoms with Crippen LogP contribution in [-0.4, -0.2) is 15.3 Å². The van der Waals surface area contributed by atoms with Crippen LogP contribution in [0.5, 0.6) is 0 Å². The lowest BCUT2D eigenvalue weighted by Gasteiger charge is -2.15. The van der Waals surface area contributed by atoms with Crippen molar-refractivity contribution in [2.24, 2.45) is 5.92 Å². The topological polar surface area (TPSA) is 34.1 Å². The van der Waals surface area contributed by atoms with Crippen LogP contribution < -0.4 is 0 Å². The third-order valence-electron chi connectivity index (χ3n) is 2.00. The van der Waals surface area contributed by atoms with Crippen molar-refractivity contribution in [3.05, 3.63) is 23.3 Å². The number of carbonyl (C=O) groups is 2. The van der Waals surface area contributed by atoms with Crippen molar-refractivity contribution in [3.8, 4) is 0 Å². The first-order chi connectivity index (χ1) is 6.43. The predicted molar refractivity (Wildman–Crippen MR) is 62.7 cm³/mol. The molecule has 2 nitrogen and oxygen atoms in total. The first-order valence-electron chi connectivity index (χ1n) is 4.23. The Morgan fingerprint density at radius 3 is 1.86 bits per heavy atom. The summed E-state index contributed by atoms with van der Waals surface area (Å²) in [5, 5.41) is 0. The van der Waals surface area contributed by atoms with E-state index in [0.717, 1.165) is 0 Å². The Kier molecular flexibility index (Phi) is 3.84. The number of allylic oxidation sites excluding steroid dienone is 4. The summed E-state index contributed by atoms with van der Waals surface area (Å²) in [5.41, 5.74) is 1.04. The Morgan fingerprint density at radius 1 is 1.00 bits per heavy atom. The molecule has 1 rings (SSSR count). The molecule has 0 fully saturated rings. The van der Waals surface area contributed by atoms with Gasteiger partial charge in [-0.15, -0.1) is 0 Å². The van der Waals surface area contributed by atoms with Crippen LogP contribution >= 0.6 is 31.9 Å². The zero-order valence-corrected chi connectivity index (χ0v) is 11.1. The number of ketones is 2. The zero-order valence-electron chi connectivity index (χ0n) is 7.88. The summed E-state index contributed by atoms with van der Waals surface area (Å²) in [7, 11) is 0. The van der Waals surface area contributed by atoms with Crippen molar-refractivity contribution in [1.82, 2.24) is 0 Å². The maximum absolute atomic E-state index is 11.6. The van der Waals surface area contributed by atoms with E-state index in [2.05, 4.69) is 31.9 Å². The molecule has 4 heteroatoms. The minimum atomic E-state index is -0.253. The van der Waals surface area contributed by atoms with Gasteiger partial charge >= 0.3 is 0 Å². The molecule has 0 bridgehead atoms. The second kappa shape index (κ2) is 4.53. The summed E-state index contributed by atoms with van der Waals surface area (Å²) in [6.45, 7) is 3.80. The molecule has 0 radical (unpaired) electrons. The van der Waals surface area contributed by atoms with Crippen LogP contribution in [0.25, 0.3) is 0 Å². The number of carbonyl (C=O) groups excluding carboxylic acids is 2. The normalized spacial score (nSPS) is 17.6. The van der Waals surface area contributed by atoms with Crippen molar-refractivity contribution in [2.75, 3.05) is 0 Å². The van der Waals surface area contributed by atoms with Gasteiger partial charge in [-0.3, -0.25) is 9.59 Å². The average Bonchev–Trinajstić information content (AvgIpc) is 2.07. The summed E-state index contributed by atoms with van der Waals surface area (Å²) >= 11 is 6.41. The number of alkyl halides is 2. The van der Waals surface area contributed by atoms with Crippen molar-refractivity contribution >= 4 is 43.4 Å². The summed E-state index contributed by atoms with van der Waals surface area (Å²) < 4.78 is -0.253. The highest BCUT2D eigenvalue weighted by Gasteiger charge is 2.24. The van der Waals surface area contributed by atoms with Gasteiger partial charge in [0.1, 0.15) is 0 Å². The molecule has 14 heavy (non-hydrogen) atoms.